The van der Waals surface area contributed by atoms with Crippen LogP contribution >= 0.6 is 15.9 Å². The summed E-state index contributed by atoms with van der Waals surface area (Å²) in [5.74, 6) is 0.923. The van der Waals surface area contributed by atoms with Gasteiger partial charge >= 0.3 is 6.09 Å². The summed E-state index contributed by atoms with van der Waals surface area (Å²) >= 11 is 3.51. The second kappa shape index (κ2) is 9.28. The van der Waals surface area contributed by atoms with Crippen molar-refractivity contribution in [3.05, 3.63) is 29.0 Å². The molecule has 2 aliphatic rings. The van der Waals surface area contributed by atoms with Gasteiger partial charge in [0.2, 0.25) is 0 Å². The van der Waals surface area contributed by atoms with Crippen LogP contribution < -0.4 is 5.32 Å². The number of rotatable bonds is 3. The molecule has 0 unspecified atom stereocenters. The molecule has 0 bridgehead atoms. The van der Waals surface area contributed by atoms with E-state index < -0.39 is 5.60 Å². The molecule has 1 aromatic heterocycles. The highest BCUT2D eigenvalue weighted by atomic mass is 79.9. The fourth-order valence-electron chi connectivity index (χ4n) is 4.52. The molecule has 31 heavy (non-hydrogen) atoms. The van der Waals surface area contributed by atoms with Gasteiger partial charge in [-0.2, -0.15) is 0 Å². The highest BCUT2D eigenvalue weighted by Gasteiger charge is 2.31. The number of aromatic nitrogens is 2. The molecule has 0 radical (unpaired) electrons. The lowest BCUT2D eigenvalue weighted by Gasteiger charge is -2.42. The number of ether oxygens (including phenoxy) is 1. The van der Waals surface area contributed by atoms with E-state index in [1.807, 2.05) is 37.8 Å². The van der Waals surface area contributed by atoms with E-state index in [4.69, 9.17) is 4.74 Å². The van der Waals surface area contributed by atoms with Crippen LogP contribution in [-0.2, 0) is 4.74 Å². The molecule has 8 heteroatoms. The van der Waals surface area contributed by atoms with Gasteiger partial charge in [0.1, 0.15) is 17.7 Å². The van der Waals surface area contributed by atoms with Crippen molar-refractivity contribution in [3.63, 3.8) is 0 Å². The molecule has 4 rings (SSSR count). The van der Waals surface area contributed by atoms with Gasteiger partial charge in [-0.25, -0.2) is 14.8 Å². The Balaban J connectivity index is 1.27. The van der Waals surface area contributed by atoms with Gasteiger partial charge in [0, 0.05) is 48.1 Å². The third-order valence-corrected chi connectivity index (χ3v) is 6.61. The monoisotopic (exact) mass is 489 g/mol. The molecule has 1 N–H and O–H groups in total. The Morgan fingerprint density at radius 3 is 2.48 bits per heavy atom. The molecule has 7 nitrogen and oxygen atoms in total. The van der Waals surface area contributed by atoms with Crippen LogP contribution in [-0.4, -0.2) is 69.7 Å². The van der Waals surface area contributed by atoms with Gasteiger partial charge in [-0.3, -0.25) is 4.90 Å². The summed E-state index contributed by atoms with van der Waals surface area (Å²) < 4.78 is 6.54. The first kappa shape index (κ1) is 22.3. The zero-order chi connectivity index (χ0) is 22.0. The Bertz CT molecular complexity index is 916. The highest BCUT2D eigenvalue weighted by Crippen LogP contribution is 2.29. The van der Waals surface area contributed by atoms with E-state index in [1.165, 1.54) is 12.8 Å². The van der Waals surface area contributed by atoms with E-state index >= 15 is 0 Å². The predicted octanol–water partition coefficient (Wildman–Crippen LogP) is 4.67. The molecular formula is C23H32BrN5O2. The first-order valence-corrected chi connectivity index (χ1v) is 12.0. The van der Waals surface area contributed by atoms with E-state index in [-0.39, 0.29) is 6.09 Å². The average Bonchev–Trinajstić information content (AvgIpc) is 2.73. The van der Waals surface area contributed by atoms with Crippen molar-refractivity contribution < 1.29 is 9.53 Å². The third kappa shape index (κ3) is 5.66. The minimum absolute atomic E-state index is 0.191. The predicted molar refractivity (Wildman–Crippen MR) is 126 cm³/mol. The van der Waals surface area contributed by atoms with Gasteiger partial charge < -0.3 is 15.0 Å². The van der Waals surface area contributed by atoms with Gasteiger partial charge in [0.15, 0.2) is 0 Å². The summed E-state index contributed by atoms with van der Waals surface area (Å²) in [6.07, 6.45) is 6.02. The fraction of sp³-hybridized carbons (Fsp3) is 0.609. The number of carbonyl (C=O) groups is 1. The quantitative estimate of drug-likeness (QED) is 0.675. The van der Waals surface area contributed by atoms with Crippen molar-refractivity contribution in [2.45, 2.75) is 64.1 Å². The number of anilines is 1. The fourth-order valence-corrected chi connectivity index (χ4v) is 4.87. The average molecular weight is 490 g/mol. The number of carbonyl (C=O) groups excluding carboxylic acids is 1. The molecule has 1 saturated heterocycles. The minimum Gasteiger partial charge on any atom is -0.444 e. The summed E-state index contributed by atoms with van der Waals surface area (Å²) in [5.41, 5.74) is 0.508. The Labute approximate surface area is 192 Å². The Hall–Kier alpha value is -1.93. The molecule has 0 spiro atoms. The van der Waals surface area contributed by atoms with Crippen molar-refractivity contribution in [1.29, 1.82) is 0 Å². The Kier molecular flexibility index (Phi) is 6.67. The normalized spacial score (nSPS) is 23.0. The SMILES string of the molecule is CC(C)(C)OC(=O)N1CCN(C2CCC(Nc3ncnc4cc(Br)ccc34)CC2)CC1. The maximum Gasteiger partial charge on any atom is 0.410 e. The molecule has 1 saturated carbocycles. The van der Waals surface area contributed by atoms with Crippen molar-refractivity contribution in [2.24, 2.45) is 0 Å². The summed E-state index contributed by atoms with van der Waals surface area (Å²) in [6, 6.07) is 7.15. The highest BCUT2D eigenvalue weighted by molar-refractivity contribution is 9.10. The lowest BCUT2D eigenvalue weighted by molar-refractivity contribution is 0.00806. The first-order valence-electron chi connectivity index (χ1n) is 11.2. The first-order chi connectivity index (χ1) is 14.8. The van der Waals surface area contributed by atoms with Gasteiger partial charge in [0.25, 0.3) is 0 Å². The summed E-state index contributed by atoms with van der Waals surface area (Å²) in [4.78, 5) is 25.6. The number of nitrogens with one attached hydrogen (secondary N) is 1. The van der Waals surface area contributed by atoms with E-state index in [2.05, 4.69) is 42.2 Å². The molecule has 2 fully saturated rings. The summed E-state index contributed by atoms with van der Waals surface area (Å²) in [7, 11) is 0. The third-order valence-electron chi connectivity index (χ3n) is 6.12. The number of hydrogen-bond donors (Lipinski definition) is 1. The molecule has 1 aliphatic heterocycles. The van der Waals surface area contributed by atoms with Crippen LogP contribution in [0.1, 0.15) is 46.5 Å². The van der Waals surface area contributed by atoms with E-state index in [0.717, 1.165) is 60.2 Å². The largest absolute Gasteiger partial charge is 0.444 e. The molecule has 1 aliphatic carbocycles. The number of piperazine rings is 1. The number of benzene rings is 1. The number of amides is 1. The smallest absolute Gasteiger partial charge is 0.410 e. The van der Waals surface area contributed by atoms with Crippen molar-refractivity contribution in [1.82, 2.24) is 19.8 Å². The van der Waals surface area contributed by atoms with Gasteiger partial charge in [-0.05, 0) is 64.7 Å². The number of nitrogens with zero attached hydrogens (tertiary/aromatic N) is 4. The van der Waals surface area contributed by atoms with Crippen molar-refractivity contribution >= 4 is 38.7 Å². The zero-order valence-corrected chi connectivity index (χ0v) is 20.2. The molecule has 168 valence electrons. The molecule has 2 heterocycles. The van der Waals surface area contributed by atoms with Crippen LogP contribution in [0.5, 0.6) is 0 Å². The van der Waals surface area contributed by atoms with Crippen LogP contribution in [0.2, 0.25) is 0 Å². The minimum atomic E-state index is -0.439. The number of halogens is 1. The molecular weight excluding hydrogens is 458 g/mol. The van der Waals surface area contributed by atoms with Crippen LogP contribution in [0.25, 0.3) is 10.9 Å². The topological polar surface area (TPSA) is 70.6 Å². The van der Waals surface area contributed by atoms with Crippen molar-refractivity contribution in [3.8, 4) is 0 Å². The number of hydrogen-bond acceptors (Lipinski definition) is 6. The van der Waals surface area contributed by atoms with E-state index in [9.17, 15) is 4.79 Å². The molecule has 2 aromatic rings. The Morgan fingerprint density at radius 1 is 1.10 bits per heavy atom. The van der Waals surface area contributed by atoms with Gasteiger partial charge in [-0.1, -0.05) is 15.9 Å². The molecule has 0 atom stereocenters. The van der Waals surface area contributed by atoms with Gasteiger partial charge in [-0.15, -0.1) is 0 Å². The van der Waals surface area contributed by atoms with Crippen LogP contribution in [0.4, 0.5) is 10.6 Å². The van der Waals surface area contributed by atoms with Crippen LogP contribution in [0, 0.1) is 0 Å². The molecule has 1 aromatic carbocycles. The zero-order valence-electron chi connectivity index (χ0n) is 18.6. The molecule has 1 amide bonds. The lowest BCUT2D eigenvalue weighted by atomic mass is 9.89. The van der Waals surface area contributed by atoms with Gasteiger partial charge in [0.05, 0.1) is 5.52 Å². The van der Waals surface area contributed by atoms with Crippen molar-refractivity contribution in [2.75, 3.05) is 31.5 Å². The maximum absolute atomic E-state index is 12.3. The van der Waals surface area contributed by atoms with E-state index in [1.54, 1.807) is 6.33 Å². The summed E-state index contributed by atoms with van der Waals surface area (Å²) in [5, 5.41) is 4.72. The maximum atomic E-state index is 12.3. The second-order valence-electron chi connectivity index (χ2n) is 9.54. The Morgan fingerprint density at radius 2 is 1.81 bits per heavy atom. The summed E-state index contributed by atoms with van der Waals surface area (Å²) in [6.45, 7) is 9.08. The van der Waals surface area contributed by atoms with E-state index in [0.29, 0.717) is 12.1 Å². The second-order valence-corrected chi connectivity index (χ2v) is 10.5. The standard InChI is InChI=1S/C23H32BrN5O2/c1-23(2,3)31-22(30)29-12-10-28(11-13-29)18-7-5-17(6-8-18)27-21-19-9-4-16(24)14-20(19)25-15-26-21/h4,9,14-15,17-18H,5-8,10-13H2,1-3H3,(H,25,26,27). The van der Waals surface area contributed by atoms with Crippen LogP contribution in [0.3, 0.4) is 0 Å². The number of fused-ring (bicyclic) bond motifs is 1. The lowest BCUT2D eigenvalue weighted by Crippen LogP contribution is -2.53. The van der Waals surface area contributed by atoms with Crippen LogP contribution in [0.15, 0.2) is 29.0 Å².